The molecule has 8 heteroatoms. The van der Waals surface area contributed by atoms with Gasteiger partial charge in [0.15, 0.2) is 0 Å². The summed E-state index contributed by atoms with van der Waals surface area (Å²) in [4.78, 5) is 17.4. The monoisotopic (exact) mass is 227 g/mol. The van der Waals surface area contributed by atoms with Gasteiger partial charge in [-0.3, -0.25) is 10.1 Å². The summed E-state index contributed by atoms with van der Waals surface area (Å²) in [5.41, 5.74) is 5.08. The number of ether oxygens (including phenoxy) is 1. The van der Waals surface area contributed by atoms with Gasteiger partial charge in [-0.05, 0) is 6.92 Å². The average Bonchev–Trinajstić information content (AvgIpc) is 2.24. The Hall–Kier alpha value is -1.96. The number of nitro groups is 1. The summed E-state index contributed by atoms with van der Waals surface area (Å²) in [6.45, 7) is 3.32. The Bertz CT molecular complexity index is 371. The molecule has 0 aliphatic carbocycles. The number of nitrogen functional groups attached to an aromatic ring is 1. The Morgan fingerprint density at radius 3 is 3.00 bits per heavy atom. The van der Waals surface area contributed by atoms with Crippen LogP contribution < -0.4 is 11.1 Å². The minimum atomic E-state index is -0.613. The number of nitrogens with one attached hydrogen (secondary N) is 1. The topological polar surface area (TPSA) is 116 Å². The second-order valence-electron chi connectivity index (χ2n) is 2.84. The molecule has 0 aliphatic heterocycles. The number of anilines is 2. The van der Waals surface area contributed by atoms with Gasteiger partial charge in [-0.2, -0.15) is 0 Å². The van der Waals surface area contributed by atoms with Gasteiger partial charge in [0.05, 0.1) is 11.5 Å². The number of hydrogen-bond donors (Lipinski definition) is 2. The molecule has 1 aromatic rings. The molecule has 1 heterocycles. The van der Waals surface area contributed by atoms with Crippen LogP contribution in [0.15, 0.2) is 6.33 Å². The summed E-state index contributed by atoms with van der Waals surface area (Å²) in [5, 5.41) is 13.5. The van der Waals surface area contributed by atoms with Crippen molar-refractivity contribution in [2.24, 2.45) is 0 Å². The van der Waals surface area contributed by atoms with Crippen LogP contribution in [-0.2, 0) is 4.74 Å². The van der Waals surface area contributed by atoms with Crippen molar-refractivity contribution in [3.05, 3.63) is 16.4 Å². The molecule has 8 nitrogen and oxygen atoms in total. The molecule has 0 aromatic carbocycles. The number of nitrogens with zero attached hydrogens (tertiary/aromatic N) is 3. The number of aromatic nitrogens is 2. The highest BCUT2D eigenvalue weighted by molar-refractivity contribution is 5.67. The van der Waals surface area contributed by atoms with Crippen LogP contribution >= 0.6 is 0 Å². The predicted octanol–water partition coefficient (Wildman–Crippen LogP) is 0.415. The van der Waals surface area contributed by atoms with Gasteiger partial charge in [0.2, 0.25) is 11.6 Å². The summed E-state index contributed by atoms with van der Waals surface area (Å²) in [6.07, 6.45) is 1.17. The summed E-state index contributed by atoms with van der Waals surface area (Å²) >= 11 is 0. The van der Waals surface area contributed by atoms with E-state index in [-0.39, 0.29) is 17.3 Å². The van der Waals surface area contributed by atoms with Crippen molar-refractivity contribution in [2.45, 2.75) is 6.92 Å². The third kappa shape index (κ3) is 3.02. The Morgan fingerprint density at radius 2 is 2.38 bits per heavy atom. The first-order valence-corrected chi connectivity index (χ1v) is 4.73. The molecular weight excluding hydrogens is 214 g/mol. The molecule has 1 aromatic heterocycles. The lowest BCUT2D eigenvalue weighted by atomic mass is 10.4. The van der Waals surface area contributed by atoms with Gasteiger partial charge in [0.25, 0.3) is 0 Å². The van der Waals surface area contributed by atoms with Crippen LogP contribution in [-0.4, -0.2) is 34.6 Å². The van der Waals surface area contributed by atoms with Gasteiger partial charge >= 0.3 is 5.69 Å². The number of nitrogens with two attached hydrogens (primary N) is 1. The quantitative estimate of drug-likeness (QED) is 0.410. The molecule has 0 unspecified atom stereocenters. The molecule has 0 saturated carbocycles. The van der Waals surface area contributed by atoms with Crippen LogP contribution in [0.4, 0.5) is 17.3 Å². The number of hydrogen-bond acceptors (Lipinski definition) is 7. The SMILES string of the molecule is CCOCCNc1ncnc(N)c1[N+](=O)[O-]. The molecule has 0 amide bonds. The smallest absolute Gasteiger partial charge is 0.352 e. The van der Waals surface area contributed by atoms with Gasteiger partial charge in [0.1, 0.15) is 6.33 Å². The van der Waals surface area contributed by atoms with Crippen LogP contribution in [0.2, 0.25) is 0 Å². The fourth-order valence-corrected chi connectivity index (χ4v) is 1.09. The zero-order chi connectivity index (χ0) is 12.0. The Balaban J connectivity index is 2.71. The third-order valence-electron chi connectivity index (χ3n) is 1.78. The molecule has 3 N–H and O–H groups in total. The minimum Gasteiger partial charge on any atom is -0.380 e. The molecule has 1 rings (SSSR count). The van der Waals surface area contributed by atoms with Gasteiger partial charge in [-0.25, -0.2) is 9.97 Å². The van der Waals surface area contributed by atoms with E-state index in [2.05, 4.69) is 15.3 Å². The molecule has 0 spiro atoms. The van der Waals surface area contributed by atoms with Crippen LogP contribution in [0.1, 0.15) is 6.92 Å². The van der Waals surface area contributed by atoms with E-state index in [4.69, 9.17) is 10.5 Å². The van der Waals surface area contributed by atoms with E-state index in [1.807, 2.05) is 6.92 Å². The first-order valence-electron chi connectivity index (χ1n) is 4.73. The van der Waals surface area contributed by atoms with Crippen LogP contribution in [0.25, 0.3) is 0 Å². The second kappa shape index (κ2) is 5.81. The largest absolute Gasteiger partial charge is 0.380 e. The molecular formula is C8H13N5O3. The molecule has 16 heavy (non-hydrogen) atoms. The van der Waals surface area contributed by atoms with Crippen LogP contribution in [0.5, 0.6) is 0 Å². The van der Waals surface area contributed by atoms with Crippen molar-refractivity contribution < 1.29 is 9.66 Å². The third-order valence-corrected chi connectivity index (χ3v) is 1.78. The first-order chi connectivity index (χ1) is 7.66. The highest BCUT2D eigenvalue weighted by Crippen LogP contribution is 2.25. The molecule has 0 atom stereocenters. The predicted molar refractivity (Wildman–Crippen MR) is 58.1 cm³/mol. The lowest BCUT2D eigenvalue weighted by molar-refractivity contribution is -0.383. The van der Waals surface area contributed by atoms with Gasteiger partial charge < -0.3 is 15.8 Å². The maximum atomic E-state index is 10.7. The normalized spacial score (nSPS) is 10.1. The second-order valence-corrected chi connectivity index (χ2v) is 2.84. The molecule has 88 valence electrons. The van der Waals surface area contributed by atoms with Crippen molar-refractivity contribution in [2.75, 3.05) is 30.8 Å². The van der Waals surface area contributed by atoms with E-state index in [0.29, 0.717) is 19.8 Å². The van der Waals surface area contributed by atoms with Crippen LogP contribution in [0, 0.1) is 10.1 Å². The lowest BCUT2D eigenvalue weighted by Crippen LogP contribution is -2.13. The zero-order valence-electron chi connectivity index (χ0n) is 8.84. The summed E-state index contributed by atoms with van der Waals surface area (Å²) in [7, 11) is 0. The fraction of sp³-hybridized carbons (Fsp3) is 0.500. The van der Waals surface area contributed by atoms with Gasteiger partial charge in [-0.1, -0.05) is 0 Å². The standard InChI is InChI=1S/C8H13N5O3/c1-2-16-4-3-10-8-6(13(14)15)7(9)11-5-12-8/h5H,2-4H2,1H3,(H3,9,10,11,12). The number of rotatable bonds is 6. The van der Waals surface area contributed by atoms with Crippen molar-refractivity contribution in [3.8, 4) is 0 Å². The Labute approximate surface area is 92.0 Å². The van der Waals surface area contributed by atoms with Crippen molar-refractivity contribution in [3.63, 3.8) is 0 Å². The van der Waals surface area contributed by atoms with Gasteiger partial charge in [-0.15, -0.1) is 0 Å². The van der Waals surface area contributed by atoms with E-state index in [1.165, 1.54) is 6.33 Å². The summed E-state index contributed by atoms with van der Waals surface area (Å²) in [6, 6.07) is 0. The van der Waals surface area contributed by atoms with Crippen molar-refractivity contribution >= 4 is 17.3 Å². The molecule has 0 saturated heterocycles. The van der Waals surface area contributed by atoms with E-state index < -0.39 is 4.92 Å². The highest BCUT2D eigenvalue weighted by atomic mass is 16.6. The van der Waals surface area contributed by atoms with E-state index >= 15 is 0 Å². The lowest BCUT2D eigenvalue weighted by Gasteiger charge is -2.06. The first kappa shape index (κ1) is 12.1. The molecule has 0 aliphatic rings. The van der Waals surface area contributed by atoms with Crippen molar-refractivity contribution in [1.82, 2.24) is 9.97 Å². The van der Waals surface area contributed by atoms with E-state index in [1.54, 1.807) is 0 Å². The molecule has 0 radical (unpaired) electrons. The highest BCUT2D eigenvalue weighted by Gasteiger charge is 2.20. The van der Waals surface area contributed by atoms with Gasteiger partial charge in [0, 0.05) is 13.2 Å². The summed E-state index contributed by atoms with van der Waals surface area (Å²) < 4.78 is 5.08. The maximum absolute atomic E-state index is 10.7. The Morgan fingerprint density at radius 1 is 1.62 bits per heavy atom. The van der Waals surface area contributed by atoms with Crippen molar-refractivity contribution in [1.29, 1.82) is 0 Å². The zero-order valence-corrected chi connectivity index (χ0v) is 8.84. The maximum Gasteiger partial charge on any atom is 0.352 e. The molecule has 0 fully saturated rings. The average molecular weight is 227 g/mol. The Kier molecular flexibility index (Phi) is 4.40. The fourth-order valence-electron chi connectivity index (χ4n) is 1.09. The molecule has 0 bridgehead atoms. The minimum absolute atomic E-state index is 0.109. The van der Waals surface area contributed by atoms with E-state index in [0.717, 1.165) is 0 Å². The summed E-state index contributed by atoms with van der Waals surface area (Å²) in [5.74, 6) is -0.0453. The van der Waals surface area contributed by atoms with Crippen LogP contribution in [0.3, 0.4) is 0 Å². The van der Waals surface area contributed by atoms with E-state index in [9.17, 15) is 10.1 Å².